The van der Waals surface area contributed by atoms with Crippen LogP contribution in [0.2, 0.25) is 0 Å². The summed E-state index contributed by atoms with van der Waals surface area (Å²) in [4.78, 5) is 8.77. The van der Waals surface area contributed by atoms with E-state index >= 15 is 0 Å². The zero-order chi connectivity index (χ0) is 12.8. The van der Waals surface area contributed by atoms with Crippen LogP contribution in [-0.4, -0.2) is 23.7 Å². The van der Waals surface area contributed by atoms with E-state index in [0.29, 0.717) is 12.4 Å². The lowest BCUT2D eigenvalue weighted by Gasteiger charge is -2.05. The third kappa shape index (κ3) is 3.28. The van der Waals surface area contributed by atoms with Gasteiger partial charge >= 0.3 is 0 Å². The molecule has 0 bridgehead atoms. The van der Waals surface area contributed by atoms with Gasteiger partial charge in [-0.3, -0.25) is 0 Å². The molecule has 0 spiro atoms. The Morgan fingerprint density at radius 2 is 1.94 bits per heavy atom. The second-order valence-electron chi connectivity index (χ2n) is 4.06. The fraction of sp³-hybridized carbons (Fsp3) is 0.286. The molecule has 0 aliphatic carbocycles. The largest absolute Gasteiger partial charge is 0.385 e. The first-order chi connectivity index (χ1) is 8.79. The van der Waals surface area contributed by atoms with E-state index in [-0.39, 0.29) is 0 Å². The Morgan fingerprint density at radius 1 is 1.17 bits per heavy atom. The molecule has 0 radical (unpaired) electrons. The van der Waals surface area contributed by atoms with E-state index in [2.05, 4.69) is 9.97 Å². The molecule has 0 saturated carbocycles. The van der Waals surface area contributed by atoms with Crippen molar-refractivity contribution in [1.29, 1.82) is 0 Å². The molecule has 1 aromatic carbocycles. The van der Waals surface area contributed by atoms with Gasteiger partial charge in [0.05, 0.1) is 5.69 Å². The Kier molecular flexibility index (Phi) is 4.25. The molecule has 4 nitrogen and oxygen atoms in total. The fourth-order valence-corrected chi connectivity index (χ4v) is 1.76. The van der Waals surface area contributed by atoms with Crippen molar-refractivity contribution in [2.24, 2.45) is 0 Å². The van der Waals surface area contributed by atoms with E-state index in [1.165, 1.54) is 0 Å². The van der Waals surface area contributed by atoms with Crippen LogP contribution in [0.1, 0.15) is 12.2 Å². The molecule has 2 aromatic rings. The van der Waals surface area contributed by atoms with Gasteiger partial charge in [0.2, 0.25) is 0 Å². The first-order valence-corrected chi connectivity index (χ1v) is 5.97. The average molecular weight is 243 g/mol. The van der Waals surface area contributed by atoms with Gasteiger partial charge < -0.3 is 10.5 Å². The van der Waals surface area contributed by atoms with Crippen molar-refractivity contribution >= 4 is 5.82 Å². The molecule has 0 fully saturated rings. The number of nitrogens with two attached hydrogens (primary N) is 1. The lowest BCUT2D eigenvalue weighted by atomic mass is 10.1. The van der Waals surface area contributed by atoms with Gasteiger partial charge in [-0.15, -0.1) is 0 Å². The van der Waals surface area contributed by atoms with Gasteiger partial charge in [0.1, 0.15) is 11.6 Å². The van der Waals surface area contributed by atoms with E-state index in [1.54, 1.807) is 13.2 Å². The summed E-state index contributed by atoms with van der Waals surface area (Å²) < 4.78 is 5.02. The number of aryl methyl sites for hydroxylation is 1. The number of methoxy groups -OCH3 is 1. The first-order valence-electron chi connectivity index (χ1n) is 5.97. The normalized spacial score (nSPS) is 10.5. The van der Waals surface area contributed by atoms with Crippen LogP contribution in [0.15, 0.2) is 36.4 Å². The van der Waals surface area contributed by atoms with Crippen LogP contribution in [0, 0.1) is 0 Å². The Balaban J connectivity index is 2.21. The van der Waals surface area contributed by atoms with Crippen LogP contribution in [0.3, 0.4) is 0 Å². The molecular formula is C14H17N3O. The molecule has 94 valence electrons. The van der Waals surface area contributed by atoms with Crippen molar-refractivity contribution in [2.75, 3.05) is 19.5 Å². The molecule has 18 heavy (non-hydrogen) atoms. The van der Waals surface area contributed by atoms with Gasteiger partial charge in [-0.2, -0.15) is 0 Å². The van der Waals surface area contributed by atoms with Crippen LogP contribution < -0.4 is 5.73 Å². The minimum atomic E-state index is 0.510. The topological polar surface area (TPSA) is 61.0 Å². The number of aromatic nitrogens is 2. The summed E-state index contributed by atoms with van der Waals surface area (Å²) in [6.07, 6.45) is 1.67. The van der Waals surface area contributed by atoms with Gasteiger partial charge in [0.15, 0.2) is 0 Å². The quantitative estimate of drug-likeness (QED) is 0.818. The molecular weight excluding hydrogens is 226 g/mol. The van der Waals surface area contributed by atoms with Gasteiger partial charge in [-0.25, -0.2) is 9.97 Å². The average Bonchev–Trinajstić information content (AvgIpc) is 2.39. The summed E-state index contributed by atoms with van der Waals surface area (Å²) in [7, 11) is 1.69. The highest BCUT2D eigenvalue weighted by Gasteiger charge is 2.04. The van der Waals surface area contributed by atoms with Crippen LogP contribution in [0.25, 0.3) is 11.3 Å². The van der Waals surface area contributed by atoms with Crippen molar-refractivity contribution in [1.82, 2.24) is 9.97 Å². The van der Waals surface area contributed by atoms with E-state index in [1.807, 2.05) is 30.3 Å². The number of benzene rings is 1. The van der Waals surface area contributed by atoms with Gasteiger partial charge in [0.25, 0.3) is 0 Å². The number of rotatable bonds is 5. The van der Waals surface area contributed by atoms with Gasteiger partial charge in [0, 0.05) is 31.8 Å². The number of hydrogen-bond donors (Lipinski definition) is 1. The Morgan fingerprint density at radius 3 is 2.67 bits per heavy atom. The van der Waals surface area contributed by atoms with Crippen molar-refractivity contribution in [2.45, 2.75) is 12.8 Å². The molecule has 0 atom stereocenters. The van der Waals surface area contributed by atoms with Crippen LogP contribution in [0.5, 0.6) is 0 Å². The first kappa shape index (κ1) is 12.5. The minimum Gasteiger partial charge on any atom is -0.385 e. The third-order valence-corrected chi connectivity index (χ3v) is 2.61. The Hall–Kier alpha value is -1.94. The second kappa shape index (κ2) is 6.12. The highest BCUT2D eigenvalue weighted by Crippen LogP contribution is 2.18. The smallest absolute Gasteiger partial charge is 0.131 e. The number of anilines is 1. The summed E-state index contributed by atoms with van der Waals surface area (Å²) in [6, 6.07) is 11.8. The van der Waals surface area contributed by atoms with E-state index in [9.17, 15) is 0 Å². The standard InChI is InChI=1S/C14H17N3O/c1-18-9-5-8-14-16-12(10-13(15)17-14)11-6-3-2-4-7-11/h2-4,6-7,10H,5,8-9H2,1H3,(H2,15,16,17). The Bertz CT molecular complexity index is 500. The molecule has 0 aliphatic heterocycles. The molecule has 0 aliphatic rings. The molecule has 4 heteroatoms. The zero-order valence-electron chi connectivity index (χ0n) is 10.5. The monoisotopic (exact) mass is 243 g/mol. The van der Waals surface area contributed by atoms with Crippen molar-refractivity contribution in [3.63, 3.8) is 0 Å². The highest BCUT2D eigenvalue weighted by molar-refractivity contribution is 5.61. The van der Waals surface area contributed by atoms with Crippen LogP contribution >= 0.6 is 0 Å². The summed E-state index contributed by atoms with van der Waals surface area (Å²) >= 11 is 0. The molecule has 2 N–H and O–H groups in total. The van der Waals surface area contributed by atoms with Gasteiger partial charge in [-0.1, -0.05) is 30.3 Å². The van der Waals surface area contributed by atoms with E-state index in [0.717, 1.165) is 29.9 Å². The molecule has 2 rings (SSSR count). The number of nitrogen functional groups attached to an aromatic ring is 1. The minimum absolute atomic E-state index is 0.510. The molecule has 0 amide bonds. The fourth-order valence-electron chi connectivity index (χ4n) is 1.76. The second-order valence-corrected chi connectivity index (χ2v) is 4.06. The summed E-state index contributed by atoms with van der Waals surface area (Å²) in [5.74, 6) is 1.28. The Labute approximate surface area is 107 Å². The SMILES string of the molecule is COCCCc1nc(N)cc(-c2ccccc2)n1. The molecule has 1 aromatic heterocycles. The summed E-state index contributed by atoms with van der Waals surface area (Å²) in [5, 5.41) is 0. The lowest BCUT2D eigenvalue weighted by molar-refractivity contribution is 0.194. The zero-order valence-corrected chi connectivity index (χ0v) is 10.5. The maximum atomic E-state index is 5.82. The number of hydrogen-bond acceptors (Lipinski definition) is 4. The number of ether oxygens (including phenoxy) is 1. The predicted molar refractivity (Wildman–Crippen MR) is 72.1 cm³/mol. The predicted octanol–water partition coefficient (Wildman–Crippen LogP) is 2.30. The van der Waals surface area contributed by atoms with Crippen LogP contribution in [0.4, 0.5) is 5.82 Å². The third-order valence-electron chi connectivity index (χ3n) is 2.61. The highest BCUT2D eigenvalue weighted by atomic mass is 16.5. The van der Waals surface area contributed by atoms with Crippen molar-refractivity contribution in [3.8, 4) is 11.3 Å². The van der Waals surface area contributed by atoms with E-state index in [4.69, 9.17) is 10.5 Å². The molecule has 0 unspecified atom stereocenters. The summed E-state index contributed by atoms with van der Waals surface area (Å²) in [5.41, 5.74) is 7.74. The molecule has 1 heterocycles. The van der Waals surface area contributed by atoms with E-state index < -0.39 is 0 Å². The number of nitrogens with zero attached hydrogens (tertiary/aromatic N) is 2. The van der Waals surface area contributed by atoms with Crippen LogP contribution in [-0.2, 0) is 11.2 Å². The summed E-state index contributed by atoms with van der Waals surface area (Å²) in [6.45, 7) is 0.707. The van der Waals surface area contributed by atoms with Crippen molar-refractivity contribution < 1.29 is 4.74 Å². The lowest BCUT2D eigenvalue weighted by Crippen LogP contribution is -2.03. The van der Waals surface area contributed by atoms with Crippen molar-refractivity contribution in [3.05, 3.63) is 42.2 Å². The molecule has 0 saturated heterocycles. The maximum Gasteiger partial charge on any atom is 0.131 e. The maximum absolute atomic E-state index is 5.82. The van der Waals surface area contributed by atoms with Gasteiger partial charge in [-0.05, 0) is 6.42 Å².